The Morgan fingerprint density at radius 3 is 2.45 bits per heavy atom. The highest BCUT2D eigenvalue weighted by Crippen LogP contribution is 2.20. The van der Waals surface area contributed by atoms with Gasteiger partial charge in [-0.1, -0.05) is 33.5 Å². The van der Waals surface area contributed by atoms with Crippen LogP contribution in [0.15, 0.2) is 9.21 Å². The van der Waals surface area contributed by atoms with Gasteiger partial charge in [0.25, 0.3) is 0 Å². The molecule has 0 bridgehead atoms. The van der Waals surface area contributed by atoms with Gasteiger partial charge in [0, 0.05) is 14.7 Å². The molecule has 1 aromatic heterocycles. The summed E-state index contributed by atoms with van der Waals surface area (Å²) >= 11 is 0. The maximum Gasteiger partial charge on any atom is 0.439 e. The molecule has 0 aliphatic heterocycles. The number of nitrogens with one attached hydrogen (secondary N) is 1. The predicted molar refractivity (Wildman–Crippen MR) is 112 cm³/mol. The van der Waals surface area contributed by atoms with Crippen molar-refractivity contribution in [2.45, 2.75) is 91.2 Å². The molecular weight excluding hydrogens is 394 g/mol. The summed E-state index contributed by atoms with van der Waals surface area (Å²) in [5.41, 5.74) is -0.668. The molecule has 0 spiro atoms. The maximum absolute atomic E-state index is 12.1. The van der Waals surface area contributed by atoms with Crippen LogP contribution in [0.4, 0.5) is 4.79 Å². The Bertz CT molecular complexity index is 702. The number of hydrogen-bond donors (Lipinski definition) is 2. The quantitative estimate of drug-likeness (QED) is 0.432. The monoisotopic (exact) mass is 431 g/mol. The lowest BCUT2D eigenvalue weighted by atomic mass is 9.99. The first-order valence-electron chi connectivity index (χ1n) is 10.0. The van der Waals surface area contributed by atoms with Crippen LogP contribution in [-0.2, 0) is 16.2 Å². The fourth-order valence-electron chi connectivity index (χ4n) is 2.46. The van der Waals surface area contributed by atoms with Crippen molar-refractivity contribution in [2.75, 3.05) is 6.61 Å². The van der Waals surface area contributed by atoms with E-state index in [-0.39, 0.29) is 18.5 Å². The van der Waals surface area contributed by atoms with Crippen LogP contribution in [0.3, 0.4) is 0 Å². The van der Waals surface area contributed by atoms with E-state index in [1.807, 2.05) is 13.8 Å². The second-order valence-corrected chi connectivity index (χ2v) is 15.5. The van der Waals surface area contributed by atoms with E-state index in [9.17, 15) is 14.7 Å². The number of rotatable bonds is 10. The molecule has 0 radical (unpaired) electrons. The molecule has 29 heavy (non-hydrogen) atoms. The molecule has 1 heterocycles. The van der Waals surface area contributed by atoms with Gasteiger partial charge in [-0.3, -0.25) is 0 Å². The number of aromatic nitrogens is 2. The van der Waals surface area contributed by atoms with Crippen LogP contribution in [0.2, 0.25) is 25.7 Å². The first-order chi connectivity index (χ1) is 13.2. The second-order valence-electron chi connectivity index (χ2n) is 9.88. The van der Waals surface area contributed by atoms with E-state index in [0.29, 0.717) is 13.0 Å². The van der Waals surface area contributed by atoms with Crippen molar-refractivity contribution in [3.05, 3.63) is 16.4 Å². The summed E-state index contributed by atoms with van der Waals surface area (Å²) in [7, 11) is -1.23. The van der Waals surface area contributed by atoms with Gasteiger partial charge in [0.15, 0.2) is 6.10 Å². The van der Waals surface area contributed by atoms with E-state index < -0.39 is 37.7 Å². The van der Waals surface area contributed by atoms with Crippen molar-refractivity contribution in [2.24, 2.45) is 5.92 Å². The third kappa shape index (κ3) is 10.1. The highest BCUT2D eigenvalue weighted by molar-refractivity contribution is 6.76. The van der Waals surface area contributed by atoms with E-state index in [0.717, 1.165) is 10.7 Å². The van der Waals surface area contributed by atoms with Crippen LogP contribution in [0.1, 0.15) is 53.0 Å². The molecule has 0 aliphatic rings. The number of carbonyl (C=O) groups is 1. The summed E-state index contributed by atoms with van der Waals surface area (Å²) in [4.78, 5) is 24.2. The number of nitrogens with zero attached hydrogens (tertiary/aromatic N) is 2. The minimum absolute atomic E-state index is 0.0477. The molecule has 0 aromatic carbocycles. The molecule has 2 unspecified atom stereocenters. The lowest BCUT2D eigenvalue weighted by molar-refractivity contribution is 0.0361. The number of hydrogen-bond acceptors (Lipinski definition) is 7. The summed E-state index contributed by atoms with van der Waals surface area (Å²) < 4.78 is 16.9. The summed E-state index contributed by atoms with van der Waals surface area (Å²) in [6, 6.07) is 0.245. The molecule has 9 nitrogen and oxygen atoms in total. The van der Waals surface area contributed by atoms with Crippen LogP contribution in [-0.4, -0.2) is 47.3 Å². The lowest BCUT2D eigenvalue weighted by Gasteiger charge is -2.26. The lowest BCUT2D eigenvalue weighted by Crippen LogP contribution is -2.43. The predicted octanol–water partition coefficient (Wildman–Crippen LogP) is 3.12. The molecule has 0 saturated carbocycles. The van der Waals surface area contributed by atoms with Gasteiger partial charge >= 0.3 is 11.8 Å². The zero-order chi connectivity index (χ0) is 22.4. The smallest absolute Gasteiger partial charge is 0.439 e. The van der Waals surface area contributed by atoms with Gasteiger partial charge < -0.3 is 24.3 Å². The standard InChI is InChI=1S/C19H37N3O6Si/c1-13(2)11-14(20-17(24)28-19(3,4)5)15(23)16-21-22(18(25)27-16)12-26-9-10-29(6,7)8/h13-15,23H,9-12H2,1-8H3,(H,20,24). The Labute approximate surface area is 173 Å². The number of aliphatic hydroxyl groups excluding tert-OH is 1. The summed E-state index contributed by atoms with van der Waals surface area (Å²) in [5, 5.41) is 17.4. The first kappa shape index (κ1) is 25.4. The van der Waals surface area contributed by atoms with Crippen molar-refractivity contribution < 1.29 is 23.8 Å². The Morgan fingerprint density at radius 1 is 1.31 bits per heavy atom. The molecule has 1 amide bonds. The van der Waals surface area contributed by atoms with Gasteiger partial charge in [0.1, 0.15) is 12.3 Å². The molecule has 2 N–H and O–H groups in total. The van der Waals surface area contributed by atoms with Crippen molar-refractivity contribution in [1.29, 1.82) is 0 Å². The summed E-state index contributed by atoms with van der Waals surface area (Å²) in [5.74, 6) is -0.707. The van der Waals surface area contributed by atoms with Gasteiger partial charge in [-0.15, -0.1) is 5.10 Å². The van der Waals surface area contributed by atoms with Crippen molar-refractivity contribution in [3.63, 3.8) is 0 Å². The van der Waals surface area contributed by atoms with E-state index >= 15 is 0 Å². The fourth-order valence-corrected chi connectivity index (χ4v) is 3.22. The first-order valence-corrected chi connectivity index (χ1v) is 13.7. The van der Waals surface area contributed by atoms with Crippen LogP contribution in [0.25, 0.3) is 0 Å². The topological polar surface area (TPSA) is 116 Å². The third-order valence-corrected chi connectivity index (χ3v) is 5.60. The van der Waals surface area contributed by atoms with Gasteiger partial charge in [-0.05, 0) is 39.2 Å². The van der Waals surface area contributed by atoms with Crippen LogP contribution < -0.4 is 11.1 Å². The molecule has 168 valence electrons. The maximum atomic E-state index is 12.1. The third-order valence-electron chi connectivity index (χ3n) is 3.89. The Kier molecular flexibility index (Phi) is 9.10. The molecule has 2 atom stereocenters. The molecule has 1 aromatic rings. The van der Waals surface area contributed by atoms with Crippen molar-refractivity contribution >= 4 is 14.2 Å². The largest absolute Gasteiger partial charge is 0.444 e. The van der Waals surface area contributed by atoms with E-state index in [4.69, 9.17) is 13.9 Å². The Hall–Kier alpha value is -1.65. The van der Waals surface area contributed by atoms with Gasteiger partial charge in [0.05, 0.1) is 6.04 Å². The number of carbonyl (C=O) groups excluding carboxylic acids is 1. The SMILES string of the molecule is CC(C)CC(NC(=O)OC(C)(C)C)C(O)c1nn(COCC[Si](C)(C)C)c(=O)o1. The normalized spacial score (nSPS) is 14.7. The number of aliphatic hydroxyl groups is 1. The van der Waals surface area contributed by atoms with Crippen molar-refractivity contribution in [3.8, 4) is 0 Å². The molecular formula is C19H37N3O6Si. The van der Waals surface area contributed by atoms with Crippen molar-refractivity contribution in [1.82, 2.24) is 15.1 Å². The van der Waals surface area contributed by atoms with Gasteiger partial charge in [0.2, 0.25) is 5.89 Å². The van der Waals surface area contributed by atoms with Gasteiger partial charge in [-0.25, -0.2) is 9.59 Å². The Morgan fingerprint density at radius 2 is 1.93 bits per heavy atom. The Balaban J connectivity index is 2.82. The molecule has 0 aliphatic carbocycles. The van der Waals surface area contributed by atoms with E-state index in [1.165, 1.54) is 0 Å². The molecule has 0 fully saturated rings. The summed E-state index contributed by atoms with van der Waals surface area (Å²) in [6.07, 6.45) is -1.50. The van der Waals surface area contributed by atoms with Crippen LogP contribution in [0.5, 0.6) is 0 Å². The zero-order valence-electron chi connectivity index (χ0n) is 18.9. The number of amides is 1. The van der Waals surface area contributed by atoms with Gasteiger partial charge in [-0.2, -0.15) is 4.68 Å². The highest BCUT2D eigenvalue weighted by atomic mass is 28.3. The fraction of sp³-hybridized carbons (Fsp3) is 0.842. The van der Waals surface area contributed by atoms with Crippen LogP contribution >= 0.6 is 0 Å². The minimum atomic E-state index is -1.29. The average Bonchev–Trinajstić information content (AvgIpc) is 2.88. The van der Waals surface area contributed by atoms with E-state index in [1.54, 1.807) is 20.8 Å². The highest BCUT2D eigenvalue weighted by Gasteiger charge is 2.30. The molecule has 0 saturated heterocycles. The number of alkyl carbamates (subject to hydrolysis) is 1. The van der Waals surface area contributed by atoms with E-state index in [2.05, 4.69) is 30.1 Å². The number of ether oxygens (including phenoxy) is 2. The molecule has 10 heteroatoms. The zero-order valence-corrected chi connectivity index (χ0v) is 19.9. The average molecular weight is 432 g/mol. The second kappa shape index (κ2) is 10.4. The van der Waals surface area contributed by atoms with Crippen LogP contribution in [0, 0.1) is 5.92 Å². The molecule has 1 rings (SSSR count). The minimum Gasteiger partial charge on any atom is -0.444 e. The summed E-state index contributed by atoms with van der Waals surface area (Å²) in [6.45, 7) is 16.4.